The first-order valence-corrected chi connectivity index (χ1v) is 6.19. The Morgan fingerprint density at radius 3 is 2.47 bits per heavy atom. The van der Waals surface area contributed by atoms with Crippen LogP contribution in [-0.4, -0.2) is 29.2 Å². The van der Waals surface area contributed by atoms with E-state index in [1.807, 2.05) is 30.3 Å². The summed E-state index contributed by atoms with van der Waals surface area (Å²) >= 11 is 0. The second-order valence-electron chi connectivity index (χ2n) is 4.46. The third-order valence-corrected chi connectivity index (χ3v) is 2.71. The lowest BCUT2D eigenvalue weighted by molar-refractivity contribution is -0.145. The molecule has 104 valence electrons. The van der Waals surface area contributed by atoms with Gasteiger partial charge < -0.3 is 15.6 Å². The van der Waals surface area contributed by atoms with E-state index in [0.29, 0.717) is 12.8 Å². The molecular formula is C14H19NO4. The standard InChI is InChI=1S/C14H19NO4/c1-10(9-13(16)17)19-12(14(15)18)8-7-11-5-3-2-4-6-11/h2-6,10,12H,7-9H2,1H3,(H2,15,18)(H,16,17). The molecule has 3 N–H and O–H groups in total. The Morgan fingerprint density at radius 2 is 1.95 bits per heavy atom. The fourth-order valence-corrected chi connectivity index (χ4v) is 1.79. The van der Waals surface area contributed by atoms with E-state index in [4.69, 9.17) is 15.6 Å². The molecule has 0 heterocycles. The van der Waals surface area contributed by atoms with Crippen LogP contribution in [0.3, 0.4) is 0 Å². The van der Waals surface area contributed by atoms with E-state index >= 15 is 0 Å². The van der Waals surface area contributed by atoms with Crippen molar-refractivity contribution in [1.82, 2.24) is 0 Å². The first-order valence-electron chi connectivity index (χ1n) is 6.19. The summed E-state index contributed by atoms with van der Waals surface area (Å²) in [5.41, 5.74) is 6.35. The van der Waals surface area contributed by atoms with Gasteiger partial charge in [-0.3, -0.25) is 9.59 Å². The maximum atomic E-state index is 11.3. The van der Waals surface area contributed by atoms with Crippen LogP contribution in [0.4, 0.5) is 0 Å². The maximum absolute atomic E-state index is 11.3. The van der Waals surface area contributed by atoms with Crippen LogP contribution in [0, 0.1) is 0 Å². The Morgan fingerprint density at radius 1 is 1.32 bits per heavy atom. The zero-order valence-electron chi connectivity index (χ0n) is 10.9. The number of amides is 1. The molecule has 0 saturated carbocycles. The van der Waals surface area contributed by atoms with Crippen LogP contribution in [0.25, 0.3) is 0 Å². The maximum Gasteiger partial charge on any atom is 0.305 e. The summed E-state index contributed by atoms with van der Waals surface area (Å²) in [6.45, 7) is 1.62. The van der Waals surface area contributed by atoms with Gasteiger partial charge in [0.2, 0.25) is 5.91 Å². The number of carbonyl (C=O) groups excluding carboxylic acids is 1. The summed E-state index contributed by atoms with van der Waals surface area (Å²) < 4.78 is 5.39. The second kappa shape index (κ2) is 7.53. The summed E-state index contributed by atoms with van der Waals surface area (Å²) in [4.78, 5) is 21.8. The van der Waals surface area contributed by atoms with Gasteiger partial charge in [-0.1, -0.05) is 30.3 Å². The number of carbonyl (C=O) groups is 2. The average molecular weight is 265 g/mol. The van der Waals surface area contributed by atoms with Gasteiger partial charge in [0.15, 0.2) is 0 Å². The Hall–Kier alpha value is -1.88. The number of ether oxygens (including phenoxy) is 1. The number of hydrogen-bond donors (Lipinski definition) is 2. The lowest BCUT2D eigenvalue weighted by atomic mass is 10.1. The third kappa shape index (κ3) is 6.01. The van der Waals surface area contributed by atoms with Crippen LogP contribution >= 0.6 is 0 Å². The molecule has 0 aliphatic heterocycles. The van der Waals surface area contributed by atoms with Crippen molar-refractivity contribution >= 4 is 11.9 Å². The Labute approximate surface area is 112 Å². The van der Waals surface area contributed by atoms with Gasteiger partial charge in [0.25, 0.3) is 0 Å². The number of primary amides is 1. The number of aliphatic carboxylic acids is 1. The fraction of sp³-hybridized carbons (Fsp3) is 0.429. The van der Waals surface area contributed by atoms with E-state index in [1.54, 1.807) is 6.92 Å². The summed E-state index contributed by atoms with van der Waals surface area (Å²) in [6.07, 6.45) is -0.326. The average Bonchev–Trinajstić information content (AvgIpc) is 2.34. The van der Waals surface area contributed by atoms with Crippen LogP contribution in [0.15, 0.2) is 30.3 Å². The van der Waals surface area contributed by atoms with E-state index < -0.39 is 24.1 Å². The highest BCUT2D eigenvalue weighted by molar-refractivity contribution is 5.78. The van der Waals surface area contributed by atoms with Crippen LogP contribution in [0.1, 0.15) is 25.3 Å². The van der Waals surface area contributed by atoms with Crippen LogP contribution in [0.5, 0.6) is 0 Å². The van der Waals surface area contributed by atoms with E-state index in [9.17, 15) is 9.59 Å². The van der Waals surface area contributed by atoms with Crippen molar-refractivity contribution in [3.05, 3.63) is 35.9 Å². The fourth-order valence-electron chi connectivity index (χ4n) is 1.79. The van der Waals surface area contributed by atoms with Crippen LogP contribution in [0.2, 0.25) is 0 Å². The summed E-state index contributed by atoms with van der Waals surface area (Å²) in [7, 11) is 0. The zero-order valence-corrected chi connectivity index (χ0v) is 10.9. The molecule has 1 amide bonds. The normalized spacial score (nSPS) is 13.7. The molecule has 0 fully saturated rings. The number of carboxylic acids is 1. The molecule has 0 aliphatic rings. The van der Waals surface area contributed by atoms with Crippen LogP contribution in [-0.2, 0) is 20.7 Å². The van der Waals surface area contributed by atoms with Gasteiger partial charge in [0, 0.05) is 0 Å². The molecule has 5 heteroatoms. The number of carboxylic acid groups (broad SMARTS) is 1. The topological polar surface area (TPSA) is 89.6 Å². The number of rotatable bonds is 8. The van der Waals surface area contributed by atoms with E-state index in [2.05, 4.69) is 0 Å². The van der Waals surface area contributed by atoms with Gasteiger partial charge in [0.05, 0.1) is 12.5 Å². The predicted molar refractivity (Wildman–Crippen MR) is 70.5 cm³/mol. The highest BCUT2D eigenvalue weighted by Gasteiger charge is 2.20. The van der Waals surface area contributed by atoms with E-state index in [-0.39, 0.29) is 6.42 Å². The number of aryl methyl sites for hydroxylation is 1. The van der Waals surface area contributed by atoms with Gasteiger partial charge in [-0.25, -0.2) is 0 Å². The molecule has 19 heavy (non-hydrogen) atoms. The van der Waals surface area contributed by atoms with Gasteiger partial charge >= 0.3 is 5.97 Å². The van der Waals surface area contributed by atoms with Gasteiger partial charge in [-0.15, -0.1) is 0 Å². The Balaban J connectivity index is 2.49. The van der Waals surface area contributed by atoms with Crippen molar-refractivity contribution in [3.63, 3.8) is 0 Å². The highest BCUT2D eigenvalue weighted by atomic mass is 16.5. The van der Waals surface area contributed by atoms with Gasteiger partial charge in [-0.05, 0) is 25.3 Å². The van der Waals surface area contributed by atoms with Crippen molar-refractivity contribution in [3.8, 4) is 0 Å². The third-order valence-electron chi connectivity index (χ3n) is 2.71. The molecule has 1 aromatic rings. The van der Waals surface area contributed by atoms with Crippen molar-refractivity contribution in [2.45, 2.75) is 38.4 Å². The van der Waals surface area contributed by atoms with Crippen LogP contribution < -0.4 is 5.73 Å². The molecule has 5 nitrogen and oxygen atoms in total. The van der Waals surface area contributed by atoms with Crippen molar-refractivity contribution < 1.29 is 19.4 Å². The largest absolute Gasteiger partial charge is 0.481 e. The van der Waals surface area contributed by atoms with E-state index in [1.165, 1.54) is 0 Å². The van der Waals surface area contributed by atoms with Crippen molar-refractivity contribution in [1.29, 1.82) is 0 Å². The first-order chi connectivity index (χ1) is 8.99. The van der Waals surface area contributed by atoms with Crippen molar-refractivity contribution in [2.24, 2.45) is 5.73 Å². The van der Waals surface area contributed by atoms with Gasteiger partial charge in [0.1, 0.15) is 6.10 Å². The van der Waals surface area contributed by atoms with Crippen molar-refractivity contribution in [2.75, 3.05) is 0 Å². The molecule has 0 spiro atoms. The minimum Gasteiger partial charge on any atom is -0.481 e. The SMILES string of the molecule is CC(CC(=O)O)OC(CCc1ccccc1)C(N)=O. The molecule has 2 atom stereocenters. The molecule has 1 aromatic carbocycles. The Bertz CT molecular complexity index is 419. The molecule has 1 rings (SSSR count). The number of benzene rings is 1. The number of hydrogen-bond acceptors (Lipinski definition) is 3. The highest BCUT2D eigenvalue weighted by Crippen LogP contribution is 2.10. The second-order valence-corrected chi connectivity index (χ2v) is 4.46. The summed E-state index contributed by atoms with van der Waals surface area (Å²) in [6, 6.07) is 9.67. The first kappa shape index (κ1) is 15.2. The minimum absolute atomic E-state index is 0.144. The van der Waals surface area contributed by atoms with E-state index in [0.717, 1.165) is 5.56 Å². The molecular weight excluding hydrogens is 246 g/mol. The molecule has 0 bridgehead atoms. The monoisotopic (exact) mass is 265 g/mol. The lowest BCUT2D eigenvalue weighted by Crippen LogP contribution is -2.35. The minimum atomic E-state index is -0.959. The smallest absolute Gasteiger partial charge is 0.305 e. The molecule has 0 saturated heterocycles. The van der Waals surface area contributed by atoms with Gasteiger partial charge in [-0.2, -0.15) is 0 Å². The summed E-state index contributed by atoms with van der Waals surface area (Å²) in [5.74, 6) is -1.52. The molecule has 0 radical (unpaired) electrons. The summed E-state index contributed by atoms with van der Waals surface area (Å²) in [5, 5.41) is 8.65. The predicted octanol–water partition coefficient (Wildman–Crippen LogP) is 1.35. The Kier molecular flexibility index (Phi) is 6.02. The lowest BCUT2D eigenvalue weighted by Gasteiger charge is -2.19. The molecule has 0 aliphatic carbocycles. The number of nitrogens with two attached hydrogens (primary N) is 1. The quantitative estimate of drug-likeness (QED) is 0.742. The zero-order chi connectivity index (χ0) is 14.3. The molecule has 0 aromatic heterocycles. The molecule has 2 unspecified atom stereocenters.